The lowest BCUT2D eigenvalue weighted by Crippen LogP contribution is -1.98. The zero-order chi connectivity index (χ0) is 7.11. The van der Waals surface area contributed by atoms with E-state index in [0.29, 0.717) is 9.76 Å². The average Bonchev–Trinajstić information content (AvgIpc) is 1.80. The molecule has 0 aliphatic heterocycles. The van der Waals surface area contributed by atoms with Crippen molar-refractivity contribution in [2.45, 2.75) is 26.3 Å². The highest BCUT2D eigenvalue weighted by atomic mass is 28.2. The van der Waals surface area contributed by atoms with Crippen molar-refractivity contribution >= 4 is 9.76 Å². The summed E-state index contributed by atoms with van der Waals surface area (Å²) in [6.07, 6.45) is 1.11. The van der Waals surface area contributed by atoms with Crippen molar-refractivity contribution < 1.29 is 4.43 Å². The minimum atomic E-state index is 0.620. The van der Waals surface area contributed by atoms with Crippen LogP contribution in [0.15, 0.2) is 12.2 Å². The minimum Gasteiger partial charge on any atom is -0.417 e. The first-order valence-electron chi connectivity index (χ1n) is 3.26. The van der Waals surface area contributed by atoms with Crippen LogP contribution in [0.1, 0.15) is 20.3 Å². The molecule has 52 valence electrons. The molecule has 0 N–H and O–H groups in total. The van der Waals surface area contributed by atoms with Crippen LogP contribution < -0.4 is 0 Å². The summed E-state index contributed by atoms with van der Waals surface area (Å²) in [7, 11) is 0.620. The maximum Gasteiger partial charge on any atom is 0.234 e. The van der Waals surface area contributed by atoms with Crippen molar-refractivity contribution in [3.8, 4) is 0 Å². The lowest BCUT2D eigenvalue weighted by atomic mass is 10.4. The fourth-order valence-electron chi connectivity index (χ4n) is 0.348. The van der Waals surface area contributed by atoms with Crippen LogP contribution in [0.3, 0.4) is 0 Å². The van der Waals surface area contributed by atoms with Gasteiger partial charge in [0.25, 0.3) is 0 Å². The highest BCUT2D eigenvalue weighted by Gasteiger charge is 1.89. The van der Waals surface area contributed by atoms with E-state index in [0.717, 1.165) is 19.1 Å². The Bertz CT molecular complexity index is 81.0. The van der Waals surface area contributed by atoms with Gasteiger partial charge in [-0.2, -0.15) is 0 Å². The van der Waals surface area contributed by atoms with E-state index in [2.05, 4.69) is 13.5 Å². The highest BCUT2D eigenvalue weighted by molar-refractivity contribution is 6.28. The second kappa shape index (κ2) is 6.04. The monoisotopic (exact) mass is 142 g/mol. The van der Waals surface area contributed by atoms with Gasteiger partial charge < -0.3 is 4.43 Å². The standard InChI is InChI=1S/C7H14OSi/c1-4-5-8-9-6-7(2)3/h2,4-6H2,1,3H3. The van der Waals surface area contributed by atoms with Crippen LogP contribution in [0.25, 0.3) is 0 Å². The van der Waals surface area contributed by atoms with E-state index in [-0.39, 0.29) is 0 Å². The molecule has 0 aliphatic carbocycles. The SMILES string of the molecule is C=C(C)C[Si]OCCC. The van der Waals surface area contributed by atoms with Crippen molar-refractivity contribution in [2.24, 2.45) is 0 Å². The zero-order valence-corrected chi connectivity index (χ0v) is 7.24. The molecule has 0 spiro atoms. The summed E-state index contributed by atoms with van der Waals surface area (Å²) in [6, 6.07) is 1.03. The number of allylic oxidation sites excluding steroid dienone is 1. The molecule has 0 atom stereocenters. The third-order valence-electron chi connectivity index (χ3n) is 0.782. The van der Waals surface area contributed by atoms with Gasteiger partial charge in [-0.1, -0.05) is 12.5 Å². The number of hydrogen-bond acceptors (Lipinski definition) is 1. The molecule has 0 saturated carbocycles. The molecule has 1 nitrogen and oxygen atoms in total. The molecule has 0 amide bonds. The maximum absolute atomic E-state index is 5.26. The van der Waals surface area contributed by atoms with Gasteiger partial charge in [-0.25, -0.2) is 0 Å². The van der Waals surface area contributed by atoms with E-state index in [4.69, 9.17) is 4.43 Å². The molecule has 0 rings (SSSR count). The molecule has 2 heteroatoms. The molecule has 0 aromatic carbocycles. The van der Waals surface area contributed by atoms with Crippen LogP contribution in [0.4, 0.5) is 0 Å². The Balaban J connectivity index is 2.83. The molecule has 9 heavy (non-hydrogen) atoms. The van der Waals surface area contributed by atoms with E-state index in [1.54, 1.807) is 0 Å². The molecule has 0 saturated heterocycles. The molecule has 0 aromatic rings. The van der Waals surface area contributed by atoms with Crippen LogP contribution in [0.2, 0.25) is 6.04 Å². The van der Waals surface area contributed by atoms with Crippen LogP contribution in [-0.4, -0.2) is 16.4 Å². The topological polar surface area (TPSA) is 9.23 Å². The fraction of sp³-hybridized carbons (Fsp3) is 0.714. The fourth-order valence-corrected chi connectivity index (χ4v) is 1.05. The smallest absolute Gasteiger partial charge is 0.234 e. The maximum atomic E-state index is 5.26. The van der Waals surface area contributed by atoms with Crippen molar-refractivity contribution in [1.29, 1.82) is 0 Å². The quantitative estimate of drug-likeness (QED) is 0.324. The van der Waals surface area contributed by atoms with Crippen LogP contribution >= 0.6 is 0 Å². The molecule has 0 fully saturated rings. The van der Waals surface area contributed by atoms with Crippen molar-refractivity contribution in [1.82, 2.24) is 0 Å². The van der Waals surface area contributed by atoms with E-state index >= 15 is 0 Å². The van der Waals surface area contributed by atoms with Gasteiger partial charge in [0.05, 0.1) is 0 Å². The third-order valence-corrected chi connectivity index (χ3v) is 1.94. The molecule has 0 heterocycles. The van der Waals surface area contributed by atoms with Gasteiger partial charge in [-0.3, -0.25) is 0 Å². The van der Waals surface area contributed by atoms with Crippen molar-refractivity contribution in [3.63, 3.8) is 0 Å². The second-order valence-corrected chi connectivity index (χ2v) is 3.06. The lowest BCUT2D eigenvalue weighted by Gasteiger charge is -1.97. The Morgan fingerprint density at radius 1 is 1.67 bits per heavy atom. The van der Waals surface area contributed by atoms with Crippen molar-refractivity contribution in [2.75, 3.05) is 6.61 Å². The number of rotatable bonds is 5. The van der Waals surface area contributed by atoms with Gasteiger partial charge in [0.1, 0.15) is 0 Å². The summed E-state index contributed by atoms with van der Waals surface area (Å²) in [5.41, 5.74) is 1.21. The molecular formula is C7H14OSi. The minimum absolute atomic E-state index is 0.620. The summed E-state index contributed by atoms with van der Waals surface area (Å²) >= 11 is 0. The lowest BCUT2D eigenvalue weighted by molar-refractivity contribution is 0.336. The Labute approximate surface area is 60.1 Å². The van der Waals surface area contributed by atoms with Gasteiger partial charge in [-0.15, -0.1) is 6.58 Å². The first-order valence-corrected chi connectivity index (χ1v) is 4.38. The van der Waals surface area contributed by atoms with Gasteiger partial charge in [0, 0.05) is 6.61 Å². The van der Waals surface area contributed by atoms with Gasteiger partial charge >= 0.3 is 0 Å². The highest BCUT2D eigenvalue weighted by Crippen LogP contribution is 1.94. The van der Waals surface area contributed by atoms with Crippen LogP contribution in [0.5, 0.6) is 0 Å². The zero-order valence-electron chi connectivity index (χ0n) is 6.24. The second-order valence-electron chi connectivity index (χ2n) is 2.13. The summed E-state index contributed by atoms with van der Waals surface area (Å²) in [4.78, 5) is 0. The molecular weight excluding hydrogens is 128 g/mol. The largest absolute Gasteiger partial charge is 0.417 e. The Kier molecular flexibility index (Phi) is 5.99. The summed E-state index contributed by atoms with van der Waals surface area (Å²) < 4.78 is 5.26. The molecule has 0 unspecified atom stereocenters. The van der Waals surface area contributed by atoms with Gasteiger partial charge in [-0.05, 0) is 19.4 Å². The molecule has 0 aromatic heterocycles. The molecule has 0 aliphatic rings. The van der Waals surface area contributed by atoms with E-state index in [1.165, 1.54) is 5.57 Å². The van der Waals surface area contributed by atoms with Crippen molar-refractivity contribution in [3.05, 3.63) is 12.2 Å². The Hall–Kier alpha value is -0.0831. The predicted octanol–water partition coefficient (Wildman–Crippen LogP) is 2.03. The molecule has 0 bridgehead atoms. The first kappa shape index (κ1) is 8.92. The average molecular weight is 142 g/mol. The third kappa shape index (κ3) is 7.92. The summed E-state index contributed by atoms with van der Waals surface area (Å²) in [5.74, 6) is 0. The van der Waals surface area contributed by atoms with E-state index in [9.17, 15) is 0 Å². The predicted molar refractivity (Wildman–Crippen MR) is 41.6 cm³/mol. The Morgan fingerprint density at radius 2 is 2.33 bits per heavy atom. The Morgan fingerprint density at radius 3 is 2.78 bits per heavy atom. The number of hydrogen-bond donors (Lipinski definition) is 0. The van der Waals surface area contributed by atoms with E-state index in [1.807, 2.05) is 6.92 Å². The van der Waals surface area contributed by atoms with E-state index < -0.39 is 0 Å². The van der Waals surface area contributed by atoms with Gasteiger partial charge in [0.2, 0.25) is 9.76 Å². The van der Waals surface area contributed by atoms with Crippen LogP contribution in [-0.2, 0) is 4.43 Å². The summed E-state index contributed by atoms with van der Waals surface area (Å²) in [6.45, 7) is 8.82. The normalized spacial score (nSPS) is 9.56. The summed E-state index contributed by atoms with van der Waals surface area (Å²) in [5, 5.41) is 0. The first-order chi connectivity index (χ1) is 4.27. The van der Waals surface area contributed by atoms with Gasteiger partial charge in [0.15, 0.2) is 0 Å². The van der Waals surface area contributed by atoms with Crippen LogP contribution in [0, 0.1) is 0 Å². The molecule has 2 radical (unpaired) electrons.